The molecular weight excluding hydrogens is 596 g/mol. The van der Waals surface area contributed by atoms with Crippen LogP contribution in [0.4, 0.5) is 11.4 Å². The highest BCUT2D eigenvalue weighted by Crippen LogP contribution is 2.33. The first-order valence-electron chi connectivity index (χ1n) is 14.3. The van der Waals surface area contributed by atoms with Crippen molar-refractivity contribution >= 4 is 29.1 Å². The molecular formula is C31H24N8O7. The molecule has 5 N–H and O–H groups in total. The van der Waals surface area contributed by atoms with E-state index in [1.807, 2.05) is 12.1 Å². The zero-order valence-corrected chi connectivity index (χ0v) is 24.0. The monoisotopic (exact) mass is 620 g/mol. The molecule has 46 heavy (non-hydrogen) atoms. The molecule has 1 aliphatic heterocycles. The number of aromatic amines is 1. The first-order chi connectivity index (χ1) is 22.2. The molecule has 0 fully saturated rings. The number of nitrogen functional groups attached to an aromatic ring is 1. The van der Waals surface area contributed by atoms with Crippen LogP contribution in [0.15, 0.2) is 67.7 Å². The van der Waals surface area contributed by atoms with Gasteiger partial charge in [-0.25, -0.2) is 14.8 Å². The minimum Gasteiger partial charge on any atom is -0.394 e. The fourth-order valence-electron chi connectivity index (χ4n) is 5.89. The Labute approximate surface area is 258 Å². The maximum atomic E-state index is 13.1. The second kappa shape index (κ2) is 11.0. The average Bonchev–Trinajstić information content (AvgIpc) is 3.70. The Hall–Kier alpha value is -6.25. The fraction of sp³-hybridized carbons (Fsp3) is 0.194. The van der Waals surface area contributed by atoms with Crippen LogP contribution in [0.5, 0.6) is 0 Å². The summed E-state index contributed by atoms with van der Waals surface area (Å²) in [5.74, 6) is -1.80. The van der Waals surface area contributed by atoms with E-state index in [0.717, 1.165) is 23.0 Å². The minimum absolute atomic E-state index is 0.0162. The number of H-pyrrole nitrogens is 1. The van der Waals surface area contributed by atoms with Gasteiger partial charge in [-0.1, -0.05) is 29.4 Å². The van der Waals surface area contributed by atoms with Gasteiger partial charge >= 0.3 is 5.76 Å². The summed E-state index contributed by atoms with van der Waals surface area (Å²) in [6.45, 7) is 0.276. The van der Waals surface area contributed by atoms with E-state index in [4.69, 9.17) is 5.73 Å². The Morgan fingerprint density at radius 1 is 0.957 bits per heavy atom. The van der Waals surface area contributed by atoms with E-state index in [2.05, 4.69) is 35.3 Å². The summed E-state index contributed by atoms with van der Waals surface area (Å²) in [4.78, 5) is 85.8. The number of carbonyl (C=O) groups is 3. The van der Waals surface area contributed by atoms with E-state index in [-0.39, 0.29) is 41.9 Å². The molecule has 5 aromatic rings. The molecule has 0 saturated heterocycles. The molecule has 15 heteroatoms. The van der Waals surface area contributed by atoms with Crippen LogP contribution in [0.25, 0.3) is 11.4 Å². The van der Waals surface area contributed by atoms with Crippen LogP contribution in [0, 0.1) is 0 Å². The van der Waals surface area contributed by atoms with Gasteiger partial charge in [-0.05, 0) is 53.6 Å². The number of aryl methyl sites for hydroxylation is 1. The summed E-state index contributed by atoms with van der Waals surface area (Å²) in [6.07, 6.45) is 2.95. The van der Waals surface area contributed by atoms with Crippen molar-refractivity contribution in [3.8, 4) is 11.4 Å². The number of amides is 3. The van der Waals surface area contributed by atoms with Gasteiger partial charge in [0.1, 0.15) is 29.1 Å². The molecule has 0 unspecified atom stereocenters. The molecule has 230 valence electrons. The standard InChI is InChI=1S/C31H24N8O7/c32-23-24(26(41)25(23)40)39-8-7-15-2-1-14(9-19(15)30(39)44)12-33-28(42)21-11-22(35-13-34-21)29(43)36-20-6-4-16-10-17(3-5-18(16)20)27-37-31(45)46-38-27/h1-3,5,9-11,13,20H,4,6-8,12,32H2,(H,33,42)(H,36,43)(H,37,38,45)/t20-/m0/s1. The van der Waals surface area contributed by atoms with Gasteiger partial charge in [0.05, 0.1) is 6.04 Å². The van der Waals surface area contributed by atoms with E-state index in [1.165, 1.54) is 11.0 Å². The Balaban J connectivity index is 0.999. The number of anilines is 2. The summed E-state index contributed by atoms with van der Waals surface area (Å²) in [7, 11) is 0. The topological polar surface area (TPSA) is 223 Å². The lowest BCUT2D eigenvalue weighted by Crippen LogP contribution is -2.47. The summed E-state index contributed by atoms with van der Waals surface area (Å²) < 4.78 is 4.58. The van der Waals surface area contributed by atoms with Gasteiger partial charge in [-0.15, -0.1) is 0 Å². The van der Waals surface area contributed by atoms with Crippen molar-refractivity contribution in [1.29, 1.82) is 0 Å². The van der Waals surface area contributed by atoms with E-state index in [9.17, 15) is 28.8 Å². The normalized spacial score (nSPS) is 15.4. The SMILES string of the molecule is Nc1c(N2CCc3ccc(CNC(=O)c4cc(C(=O)N[C@H]5CCc6cc(-c7noc(=O)[nH]7)ccc65)ncn4)cc3C2=O)c(=O)c1=O. The zero-order chi connectivity index (χ0) is 32.1. The van der Waals surface area contributed by atoms with Gasteiger partial charge in [0, 0.05) is 30.3 Å². The van der Waals surface area contributed by atoms with Gasteiger partial charge in [0.25, 0.3) is 28.6 Å². The highest BCUT2D eigenvalue weighted by Gasteiger charge is 2.33. The number of nitrogens with one attached hydrogen (secondary N) is 3. The molecule has 3 amide bonds. The Kier molecular flexibility index (Phi) is 6.84. The minimum atomic E-state index is -0.793. The average molecular weight is 621 g/mol. The second-order valence-electron chi connectivity index (χ2n) is 11.0. The number of nitrogens with zero attached hydrogens (tertiary/aromatic N) is 4. The summed E-state index contributed by atoms with van der Waals surface area (Å²) in [5, 5.41) is 9.41. The number of hydrogen-bond donors (Lipinski definition) is 4. The maximum absolute atomic E-state index is 13.1. The third-order valence-corrected chi connectivity index (χ3v) is 8.27. The zero-order valence-electron chi connectivity index (χ0n) is 24.0. The molecule has 3 aromatic carbocycles. The van der Waals surface area contributed by atoms with Crippen molar-refractivity contribution in [2.75, 3.05) is 17.2 Å². The van der Waals surface area contributed by atoms with Crippen molar-refractivity contribution in [2.45, 2.75) is 31.8 Å². The second-order valence-corrected chi connectivity index (χ2v) is 11.0. The van der Waals surface area contributed by atoms with Gasteiger partial charge in [0.15, 0.2) is 5.82 Å². The molecule has 7 rings (SSSR count). The smallest absolute Gasteiger partial charge is 0.394 e. The van der Waals surface area contributed by atoms with Crippen molar-refractivity contribution in [3.63, 3.8) is 0 Å². The molecule has 3 heterocycles. The lowest BCUT2D eigenvalue weighted by atomic mass is 9.95. The molecule has 1 aliphatic carbocycles. The number of benzene rings is 2. The molecule has 0 saturated carbocycles. The highest BCUT2D eigenvalue weighted by molar-refractivity contribution is 6.10. The van der Waals surface area contributed by atoms with Crippen LogP contribution < -0.4 is 37.9 Å². The Morgan fingerprint density at radius 3 is 2.52 bits per heavy atom. The van der Waals surface area contributed by atoms with Gasteiger partial charge in [0.2, 0.25) is 0 Å². The van der Waals surface area contributed by atoms with Crippen LogP contribution in [0.2, 0.25) is 0 Å². The predicted molar refractivity (Wildman–Crippen MR) is 162 cm³/mol. The number of rotatable bonds is 7. The lowest BCUT2D eigenvalue weighted by Gasteiger charge is -2.29. The summed E-state index contributed by atoms with van der Waals surface area (Å²) >= 11 is 0. The quantitative estimate of drug-likeness (QED) is 0.184. The van der Waals surface area contributed by atoms with Crippen molar-refractivity contribution < 1.29 is 18.9 Å². The van der Waals surface area contributed by atoms with E-state index >= 15 is 0 Å². The van der Waals surface area contributed by atoms with Gasteiger partial charge in [-0.2, -0.15) is 0 Å². The summed E-state index contributed by atoms with van der Waals surface area (Å²) in [6, 6.07) is 11.7. The number of nitrogens with two attached hydrogens (primary N) is 1. The lowest BCUT2D eigenvalue weighted by molar-refractivity contribution is 0.0930. The number of aromatic nitrogens is 4. The van der Waals surface area contributed by atoms with Gasteiger partial charge < -0.3 is 21.3 Å². The van der Waals surface area contributed by atoms with Crippen LogP contribution in [-0.4, -0.2) is 44.4 Å². The van der Waals surface area contributed by atoms with Crippen molar-refractivity contribution in [1.82, 2.24) is 30.7 Å². The van der Waals surface area contributed by atoms with Crippen LogP contribution in [-0.2, 0) is 19.4 Å². The van der Waals surface area contributed by atoms with Crippen molar-refractivity contribution in [2.24, 2.45) is 0 Å². The van der Waals surface area contributed by atoms with Crippen LogP contribution in [0.3, 0.4) is 0 Å². The molecule has 1 atom stereocenters. The summed E-state index contributed by atoms with van der Waals surface area (Å²) in [5.41, 5.74) is 8.16. The third kappa shape index (κ3) is 4.92. The predicted octanol–water partition coefficient (Wildman–Crippen LogP) is 0.548. The molecule has 0 bridgehead atoms. The Bertz CT molecular complexity index is 2210. The molecule has 2 aromatic heterocycles. The third-order valence-electron chi connectivity index (χ3n) is 8.27. The van der Waals surface area contributed by atoms with Crippen LogP contribution >= 0.6 is 0 Å². The molecule has 0 spiro atoms. The van der Waals surface area contributed by atoms with Crippen molar-refractivity contribution in [3.05, 3.63) is 119 Å². The first-order valence-corrected chi connectivity index (χ1v) is 14.3. The van der Waals surface area contributed by atoms with Gasteiger partial charge in [-0.3, -0.25) is 33.5 Å². The number of carbonyl (C=O) groups excluding carboxylic acids is 3. The fourth-order valence-corrected chi connectivity index (χ4v) is 5.89. The molecule has 2 aliphatic rings. The Morgan fingerprint density at radius 2 is 1.76 bits per heavy atom. The highest BCUT2D eigenvalue weighted by atomic mass is 16.5. The number of hydrogen-bond acceptors (Lipinski definition) is 11. The van der Waals surface area contributed by atoms with E-state index in [0.29, 0.717) is 41.8 Å². The maximum Gasteiger partial charge on any atom is 0.439 e. The largest absolute Gasteiger partial charge is 0.439 e. The molecule has 15 nitrogen and oxygen atoms in total. The first kappa shape index (κ1) is 28.5. The molecule has 0 radical (unpaired) electrons. The van der Waals surface area contributed by atoms with E-state index < -0.39 is 34.3 Å². The van der Waals surface area contributed by atoms with Crippen LogP contribution in [0.1, 0.15) is 66.1 Å². The van der Waals surface area contributed by atoms with E-state index in [1.54, 1.807) is 24.3 Å². The number of fused-ring (bicyclic) bond motifs is 2.